The van der Waals surface area contributed by atoms with Gasteiger partial charge in [0.05, 0.1) is 17.9 Å². The largest absolute Gasteiger partial charge is 0.361 e. The maximum absolute atomic E-state index is 5.19. The monoisotopic (exact) mass is 349 g/mol. The summed E-state index contributed by atoms with van der Waals surface area (Å²) in [4.78, 5) is 8.88. The highest BCUT2D eigenvalue weighted by molar-refractivity contribution is 7.09. The van der Waals surface area contributed by atoms with E-state index < -0.39 is 0 Å². The minimum atomic E-state index is 0.469. The van der Waals surface area contributed by atoms with Crippen LogP contribution in [0.3, 0.4) is 0 Å². The molecule has 0 fully saturated rings. The molecular formula is C17H27N5OS. The SMILES string of the molecule is CN=C(NCCCc1c(C)noc1C)NCc1nc(C(C)C)cs1. The molecule has 0 saturated carbocycles. The van der Waals surface area contributed by atoms with Crippen LogP contribution in [0.15, 0.2) is 14.9 Å². The van der Waals surface area contributed by atoms with E-state index >= 15 is 0 Å². The summed E-state index contributed by atoms with van der Waals surface area (Å²) in [6.45, 7) is 9.80. The lowest BCUT2D eigenvalue weighted by Crippen LogP contribution is -2.37. The van der Waals surface area contributed by atoms with Gasteiger partial charge in [-0.05, 0) is 32.6 Å². The van der Waals surface area contributed by atoms with E-state index in [0.29, 0.717) is 12.5 Å². The van der Waals surface area contributed by atoms with Gasteiger partial charge in [0.25, 0.3) is 0 Å². The van der Waals surface area contributed by atoms with Gasteiger partial charge in [-0.2, -0.15) is 0 Å². The zero-order chi connectivity index (χ0) is 17.5. The lowest BCUT2D eigenvalue weighted by Gasteiger charge is -2.10. The molecule has 0 atom stereocenters. The van der Waals surface area contributed by atoms with Gasteiger partial charge in [0.2, 0.25) is 0 Å². The van der Waals surface area contributed by atoms with Gasteiger partial charge in [0, 0.05) is 24.5 Å². The van der Waals surface area contributed by atoms with Crippen molar-refractivity contribution in [2.24, 2.45) is 4.99 Å². The Morgan fingerprint density at radius 2 is 2.12 bits per heavy atom. The molecule has 2 heterocycles. The molecule has 0 spiro atoms. The Labute approximate surface area is 147 Å². The zero-order valence-corrected chi connectivity index (χ0v) is 16.0. The number of aromatic nitrogens is 2. The Morgan fingerprint density at radius 3 is 2.71 bits per heavy atom. The van der Waals surface area contributed by atoms with Crippen molar-refractivity contribution in [2.75, 3.05) is 13.6 Å². The average Bonchev–Trinajstić information content (AvgIpc) is 3.15. The van der Waals surface area contributed by atoms with Crippen LogP contribution in [0, 0.1) is 13.8 Å². The molecule has 0 aliphatic rings. The van der Waals surface area contributed by atoms with Crippen LogP contribution < -0.4 is 10.6 Å². The molecule has 2 aromatic rings. The molecule has 0 bridgehead atoms. The molecule has 132 valence electrons. The quantitative estimate of drug-likeness (QED) is 0.456. The molecule has 0 radical (unpaired) electrons. The summed E-state index contributed by atoms with van der Waals surface area (Å²) in [5.74, 6) is 2.19. The van der Waals surface area contributed by atoms with Crippen molar-refractivity contribution >= 4 is 17.3 Å². The topological polar surface area (TPSA) is 75.3 Å². The number of aryl methyl sites for hydroxylation is 2. The Balaban J connectivity index is 1.72. The van der Waals surface area contributed by atoms with Crippen molar-refractivity contribution in [3.8, 4) is 0 Å². The highest BCUT2D eigenvalue weighted by Gasteiger charge is 2.09. The third-order valence-electron chi connectivity index (χ3n) is 3.87. The standard InChI is InChI=1S/C17H27N5OS/c1-11(2)15-10-24-16(21-15)9-20-17(18-5)19-8-6-7-14-12(3)22-23-13(14)4/h10-11H,6-9H2,1-5H3,(H2,18,19,20). The normalized spacial score (nSPS) is 12.0. The molecule has 0 unspecified atom stereocenters. The number of thiazole rings is 1. The van der Waals surface area contributed by atoms with Crippen molar-refractivity contribution in [3.63, 3.8) is 0 Å². The lowest BCUT2D eigenvalue weighted by atomic mass is 10.1. The molecule has 6 nitrogen and oxygen atoms in total. The van der Waals surface area contributed by atoms with E-state index in [1.165, 1.54) is 5.56 Å². The van der Waals surface area contributed by atoms with Gasteiger partial charge in [-0.25, -0.2) is 4.98 Å². The fourth-order valence-corrected chi connectivity index (χ4v) is 3.28. The van der Waals surface area contributed by atoms with Crippen LogP contribution in [0.4, 0.5) is 0 Å². The van der Waals surface area contributed by atoms with Crippen molar-refractivity contribution < 1.29 is 4.52 Å². The number of hydrogen-bond acceptors (Lipinski definition) is 5. The third-order valence-corrected chi connectivity index (χ3v) is 4.74. The summed E-state index contributed by atoms with van der Waals surface area (Å²) < 4.78 is 5.19. The summed E-state index contributed by atoms with van der Waals surface area (Å²) in [5.41, 5.74) is 3.35. The van der Waals surface area contributed by atoms with Crippen LogP contribution in [-0.4, -0.2) is 29.7 Å². The zero-order valence-electron chi connectivity index (χ0n) is 15.1. The highest BCUT2D eigenvalue weighted by Crippen LogP contribution is 2.17. The van der Waals surface area contributed by atoms with E-state index in [4.69, 9.17) is 4.52 Å². The van der Waals surface area contributed by atoms with Crippen molar-refractivity contribution in [1.82, 2.24) is 20.8 Å². The fourth-order valence-electron chi connectivity index (χ4n) is 2.38. The first-order chi connectivity index (χ1) is 11.5. The van der Waals surface area contributed by atoms with Crippen LogP contribution in [-0.2, 0) is 13.0 Å². The van der Waals surface area contributed by atoms with Crippen LogP contribution in [0.2, 0.25) is 0 Å². The molecule has 2 N–H and O–H groups in total. The van der Waals surface area contributed by atoms with Crippen LogP contribution in [0.5, 0.6) is 0 Å². The second-order valence-corrected chi connectivity index (χ2v) is 7.02. The van der Waals surface area contributed by atoms with E-state index in [1.807, 2.05) is 13.8 Å². The number of guanidine groups is 1. The Hall–Kier alpha value is -1.89. The van der Waals surface area contributed by atoms with Gasteiger partial charge < -0.3 is 15.2 Å². The average molecular weight is 350 g/mol. The first kappa shape index (κ1) is 18.4. The van der Waals surface area contributed by atoms with Gasteiger partial charge in [-0.3, -0.25) is 4.99 Å². The van der Waals surface area contributed by atoms with Gasteiger partial charge >= 0.3 is 0 Å². The van der Waals surface area contributed by atoms with Crippen molar-refractivity contribution in [3.05, 3.63) is 33.1 Å². The van der Waals surface area contributed by atoms with E-state index in [9.17, 15) is 0 Å². The Morgan fingerprint density at radius 1 is 1.33 bits per heavy atom. The molecule has 24 heavy (non-hydrogen) atoms. The predicted molar refractivity (Wildman–Crippen MR) is 98.7 cm³/mol. The van der Waals surface area contributed by atoms with Crippen LogP contribution >= 0.6 is 11.3 Å². The van der Waals surface area contributed by atoms with Gasteiger partial charge in [-0.1, -0.05) is 19.0 Å². The summed E-state index contributed by atoms with van der Waals surface area (Å²) in [6, 6.07) is 0. The van der Waals surface area contributed by atoms with Crippen LogP contribution in [0.1, 0.15) is 53.9 Å². The van der Waals surface area contributed by atoms with Gasteiger partial charge in [0.1, 0.15) is 10.8 Å². The minimum Gasteiger partial charge on any atom is -0.361 e. The molecule has 0 aromatic carbocycles. The number of rotatable bonds is 7. The molecule has 0 amide bonds. The second kappa shape index (κ2) is 8.82. The number of nitrogens with zero attached hydrogens (tertiary/aromatic N) is 3. The highest BCUT2D eigenvalue weighted by atomic mass is 32.1. The Bertz CT molecular complexity index is 655. The number of nitrogens with one attached hydrogen (secondary N) is 2. The number of aliphatic imine (C=N–C) groups is 1. The predicted octanol–water partition coefficient (Wildman–Crippen LogP) is 3.17. The van der Waals surface area contributed by atoms with Gasteiger partial charge in [0.15, 0.2) is 5.96 Å². The van der Waals surface area contributed by atoms with Crippen LogP contribution in [0.25, 0.3) is 0 Å². The minimum absolute atomic E-state index is 0.469. The molecule has 2 rings (SSSR count). The first-order valence-corrected chi connectivity index (χ1v) is 9.19. The Kier molecular flexibility index (Phi) is 6.78. The summed E-state index contributed by atoms with van der Waals surface area (Å²) >= 11 is 1.69. The molecular weight excluding hydrogens is 322 g/mol. The molecule has 2 aromatic heterocycles. The second-order valence-electron chi connectivity index (χ2n) is 6.08. The van der Waals surface area contributed by atoms with Crippen molar-refractivity contribution in [1.29, 1.82) is 0 Å². The van der Waals surface area contributed by atoms with Gasteiger partial charge in [-0.15, -0.1) is 11.3 Å². The fraction of sp³-hybridized carbons (Fsp3) is 0.588. The first-order valence-electron chi connectivity index (χ1n) is 8.31. The maximum atomic E-state index is 5.19. The summed E-state index contributed by atoms with van der Waals surface area (Å²) in [7, 11) is 1.78. The number of hydrogen-bond donors (Lipinski definition) is 2. The summed E-state index contributed by atoms with van der Waals surface area (Å²) in [6.07, 6.45) is 1.95. The summed E-state index contributed by atoms with van der Waals surface area (Å²) in [5, 5.41) is 13.8. The molecule has 0 aliphatic carbocycles. The lowest BCUT2D eigenvalue weighted by molar-refractivity contribution is 0.392. The molecule has 0 aliphatic heterocycles. The maximum Gasteiger partial charge on any atom is 0.191 e. The third kappa shape index (κ3) is 5.06. The van der Waals surface area contributed by atoms with E-state index in [1.54, 1.807) is 18.4 Å². The smallest absolute Gasteiger partial charge is 0.191 e. The van der Waals surface area contributed by atoms with E-state index in [0.717, 1.165) is 47.5 Å². The van der Waals surface area contributed by atoms with E-state index in [-0.39, 0.29) is 0 Å². The molecule has 0 saturated heterocycles. The van der Waals surface area contributed by atoms with E-state index in [2.05, 4.69) is 45.0 Å². The molecule has 7 heteroatoms. The van der Waals surface area contributed by atoms with Crippen molar-refractivity contribution in [2.45, 2.75) is 53.0 Å².